The van der Waals surface area contributed by atoms with Crippen LogP contribution in [0.1, 0.15) is 16.1 Å². The fourth-order valence-corrected chi connectivity index (χ4v) is 3.89. The van der Waals surface area contributed by atoms with E-state index in [-0.39, 0.29) is 11.4 Å². The molecule has 4 aromatic rings. The number of benzene rings is 2. The number of hydrogen-bond acceptors (Lipinski definition) is 4. The van der Waals surface area contributed by atoms with E-state index in [4.69, 9.17) is 4.74 Å². The third kappa shape index (κ3) is 7.09. The summed E-state index contributed by atoms with van der Waals surface area (Å²) < 4.78 is 33.4. The fraction of sp³-hybridized carbons (Fsp3) is 0.115. The maximum Gasteiger partial charge on any atom is 0.323 e. The maximum absolute atomic E-state index is 13.9. The van der Waals surface area contributed by atoms with Crippen LogP contribution < -0.4 is 15.4 Å². The third-order valence-corrected chi connectivity index (χ3v) is 5.67. The van der Waals surface area contributed by atoms with Crippen LogP contribution in [0.15, 0.2) is 77.4 Å². The van der Waals surface area contributed by atoms with Gasteiger partial charge in [0.25, 0.3) is 5.91 Å². The summed E-state index contributed by atoms with van der Waals surface area (Å²) >= 11 is 0. The molecule has 2 aromatic carbocycles. The number of halogens is 1. The summed E-state index contributed by atoms with van der Waals surface area (Å²) in [5.41, 5.74) is 2.90. The van der Waals surface area contributed by atoms with Gasteiger partial charge in [-0.15, -0.1) is 10.1 Å². The molecule has 0 saturated carbocycles. The number of aromatic nitrogens is 2. The van der Waals surface area contributed by atoms with Crippen LogP contribution in [-0.2, 0) is 10.1 Å². The number of pyridine rings is 1. The summed E-state index contributed by atoms with van der Waals surface area (Å²) in [6.45, 7) is 1.81. The predicted octanol–water partition coefficient (Wildman–Crippen LogP) is 5.90. The van der Waals surface area contributed by atoms with E-state index < -0.39 is 27.9 Å². The van der Waals surface area contributed by atoms with Crippen molar-refractivity contribution < 1.29 is 23.3 Å². The van der Waals surface area contributed by atoms with Crippen molar-refractivity contribution in [1.82, 2.24) is 9.97 Å². The molecule has 0 fully saturated rings. The smallest absolute Gasteiger partial charge is 0.323 e. The Morgan fingerprint density at radius 1 is 1.03 bits per heavy atom. The molecule has 0 aliphatic heterocycles. The number of nitrogens with zero attached hydrogens (tertiary/aromatic N) is 2. The number of urea groups is 1. The quantitative estimate of drug-likeness (QED) is 0.201. The van der Waals surface area contributed by atoms with E-state index in [0.29, 0.717) is 28.4 Å². The Bertz CT molecular complexity index is 1500. The molecular formula is C26H26FN5O4S. The highest BCUT2D eigenvalue weighted by Crippen LogP contribution is 2.27. The number of anilines is 2. The lowest BCUT2D eigenvalue weighted by atomic mass is 10.2. The number of nitrogens with one attached hydrogen (secondary N) is 3. The predicted molar refractivity (Wildman–Crippen MR) is 144 cm³/mol. The zero-order valence-corrected chi connectivity index (χ0v) is 21.2. The summed E-state index contributed by atoms with van der Waals surface area (Å²) in [4.78, 5) is 31.6. The zero-order chi connectivity index (χ0) is 26.6. The molecule has 0 unspecified atom stereocenters. The van der Waals surface area contributed by atoms with Gasteiger partial charge in [-0.3, -0.25) is 9.78 Å². The second-order valence-electron chi connectivity index (χ2n) is 8.61. The lowest BCUT2D eigenvalue weighted by Crippen LogP contribution is -2.20. The largest absolute Gasteiger partial charge is 0.457 e. The molecule has 0 spiro atoms. The van der Waals surface area contributed by atoms with E-state index in [1.807, 2.05) is 0 Å². The minimum Gasteiger partial charge on any atom is -0.457 e. The number of hydrogen-bond donors (Lipinski definition) is 5. The Labute approximate surface area is 214 Å². The van der Waals surface area contributed by atoms with Gasteiger partial charge in [-0.1, -0.05) is 6.07 Å². The molecule has 2 heterocycles. The second kappa shape index (κ2) is 10.7. The minimum absolute atomic E-state index is 0.0953. The van der Waals surface area contributed by atoms with Crippen molar-refractivity contribution >= 4 is 33.4 Å². The first-order valence-electron chi connectivity index (χ1n) is 11.2. The Hall–Kier alpha value is -4.35. The van der Waals surface area contributed by atoms with Crippen molar-refractivity contribution in [3.8, 4) is 22.8 Å². The molecule has 0 atom stereocenters. The molecule has 0 aliphatic carbocycles. The number of rotatable bonds is 6. The summed E-state index contributed by atoms with van der Waals surface area (Å²) in [7, 11) is -2.60. The molecule has 37 heavy (non-hydrogen) atoms. The van der Waals surface area contributed by atoms with E-state index in [2.05, 4.69) is 25.0 Å². The topological polar surface area (TPSA) is 129 Å². The first-order chi connectivity index (χ1) is 17.6. The van der Waals surface area contributed by atoms with Crippen LogP contribution in [0.4, 0.5) is 20.6 Å². The Balaban J connectivity index is 1.40. The van der Waals surface area contributed by atoms with Gasteiger partial charge in [0.05, 0.1) is 11.4 Å². The van der Waals surface area contributed by atoms with E-state index in [0.717, 1.165) is 5.56 Å². The molecule has 0 saturated heterocycles. The molecule has 192 valence electrons. The van der Waals surface area contributed by atoms with Crippen LogP contribution in [0.2, 0.25) is 0 Å². The van der Waals surface area contributed by atoms with Gasteiger partial charge in [-0.2, -0.15) is 4.36 Å². The number of aryl methyl sites for hydroxylation is 1. The van der Waals surface area contributed by atoms with Gasteiger partial charge in [0, 0.05) is 29.7 Å². The molecular weight excluding hydrogens is 497 g/mol. The minimum atomic E-state index is -2.60. The van der Waals surface area contributed by atoms with E-state index in [1.54, 1.807) is 73.9 Å². The van der Waals surface area contributed by atoms with Gasteiger partial charge < -0.3 is 24.9 Å². The normalized spacial score (nSPS) is 11.5. The average Bonchev–Trinajstić information content (AvgIpc) is 3.33. The molecule has 9 nitrogen and oxygen atoms in total. The third-order valence-electron chi connectivity index (χ3n) is 4.99. The first-order valence-corrected chi connectivity index (χ1v) is 13.8. The number of H-pyrrole nitrogens is 1. The lowest BCUT2D eigenvalue weighted by Gasteiger charge is -2.10. The maximum atomic E-state index is 13.9. The molecule has 3 amide bonds. The molecule has 4 rings (SSSR count). The highest BCUT2D eigenvalue weighted by atomic mass is 32.3. The summed E-state index contributed by atoms with van der Waals surface area (Å²) in [6.07, 6.45) is 6.27. The number of ether oxygens (including phenoxy) is 1. The van der Waals surface area contributed by atoms with Crippen molar-refractivity contribution in [2.75, 3.05) is 23.1 Å². The average molecular weight is 524 g/mol. The van der Waals surface area contributed by atoms with E-state index >= 15 is 0 Å². The molecule has 2 aromatic heterocycles. The van der Waals surface area contributed by atoms with Crippen LogP contribution in [-0.4, -0.2) is 39.0 Å². The van der Waals surface area contributed by atoms with Gasteiger partial charge in [0.2, 0.25) is 0 Å². The molecule has 0 aliphatic rings. The summed E-state index contributed by atoms with van der Waals surface area (Å²) in [5, 5.41) is 5.14. The zero-order valence-electron chi connectivity index (χ0n) is 20.3. The SMILES string of the molecule is Cc1ccc(F)c(NC(=O)Nc2ccc(Oc3ccnc(-c4c[nH]c(C(=O)N=[SH](C)(C)O)c4)c3)cc2)c1. The number of carbonyl (C=O) groups is 2. The number of amides is 3. The highest BCUT2D eigenvalue weighted by molar-refractivity contribution is 7.98. The molecule has 11 heteroatoms. The molecule has 4 N–H and O–H groups in total. The van der Waals surface area contributed by atoms with Crippen molar-refractivity contribution in [2.45, 2.75) is 6.92 Å². The van der Waals surface area contributed by atoms with Crippen molar-refractivity contribution in [3.63, 3.8) is 0 Å². The fourth-order valence-electron chi connectivity index (χ4n) is 3.34. The number of aromatic amines is 1. The van der Waals surface area contributed by atoms with Gasteiger partial charge in [0.1, 0.15) is 23.0 Å². The van der Waals surface area contributed by atoms with Crippen molar-refractivity contribution in [2.24, 2.45) is 4.36 Å². The van der Waals surface area contributed by atoms with E-state index in [1.165, 1.54) is 18.6 Å². The van der Waals surface area contributed by atoms with Gasteiger partial charge in [-0.05, 0) is 73.5 Å². The van der Waals surface area contributed by atoms with Crippen LogP contribution in [0.25, 0.3) is 11.3 Å². The second-order valence-corrected chi connectivity index (χ2v) is 11.5. The Kier molecular flexibility index (Phi) is 7.46. The monoisotopic (exact) mass is 523 g/mol. The first kappa shape index (κ1) is 25.7. The van der Waals surface area contributed by atoms with Crippen LogP contribution in [0.5, 0.6) is 11.5 Å². The van der Waals surface area contributed by atoms with Crippen molar-refractivity contribution in [3.05, 3.63) is 90.1 Å². The molecule has 0 radical (unpaired) electrons. The summed E-state index contributed by atoms with van der Waals surface area (Å²) in [5.74, 6) is -0.00900. The van der Waals surface area contributed by atoms with Crippen LogP contribution in [0.3, 0.4) is 0 Å². The Morgan fingerprint density at radius 3 is 2.51 bits per heavy atom. The van der Waals surface area contributed by atoms with Gasteiger partial charge >= 0.3 is 6.03 Å². The summed E-state index contributed by atoms with van der Waals surface area (Å²) in [6, 6.07) is 15.6. The van der Waals surface area contributed by atoms with Crippen molar-refractivity contribution in [1.29, 1.82) is 0 Å². The molecule has 0 bridgehead atoms. The number of carbonyl (C=O) groups excluding carboxylic acids is 2. The number of thiol groups is 1. The van der Waals surface area contributed by atoms with Gasteiger partial charge in [-0.25, -0.2) is 9.18 Å². The highest BCUT2D eigenvalue weighted by Gasteiger charge is 2.12. The van der Waals surface area contributed by atoms with Crippen LogP contribution >= 0.6 is 0 Å². The standard InChI is InChI=1S/C26H26FN5O4S/c1-16-4-9-21(27)23(12-16)31-26(34)30-18-5-7-19(8-6-18)36-20-10-11-28-22(14-20)17-13-24(29-15-17)25(33)32-37(2,3)35/h4-15,29,37H,1-3H3,(H2,30,31,34)(H,32,33,35). The van der Waals surface area contributed by atoms with Crippen LogP contribution in [0, 0.1) is 12.7 Å². The van der Waals surface area contributed by atoms with Gasteiger partial charge in [0.15, 0.2) is 0 Å². The lowest BCUT2D eigenvalue weighted by molar-refractivity contribution is 0.100. The van der Waals surface area contributed by atoms with E-state index in [9.17, 15) is 18.5 Å². The Morgan fingerprint density at radius 2 is 1.78 bits per heavy atom.